The van der Waals surface area contributed by atoms with Crippen molar-refractivity contribution in [3.63, 3.8) is 0 Å². The van der Waals surface area contributed by atoms with E-state index in [0.717, 1.165) is 6.42 Å². The third-order valence-electron chi connectivity index (χ3n) is 4.46. The predicted molar refractivity (Wildman–Crippen MR) is 98.3 cm³/mol. The van der Waals surface area contributed by atoms with E-state index in [1.54, 1.807) is 0 Å². The number of benzene rings is 1. The van der Waals surface area contributed by atoms with E-state index < -0.39 is 0 Å². The van der Waals surface area contributed by atoms with Crippen LogP contribution in [-0.2, 0) is 6.42 Å². The van der Waals surface area contributed by atoms with Gasteiger partial charge >= 0.3 is 0 Å². The number of allylic oxidation sites excluding steroid dienone is 6. The monoisotopic (exact) mass is 294 g/mol. The third kappa shape index (κ3) is 4.47. The minimum atomic E-state index is 0.486. The fourth-order valence-corrected chi connectivity index (χ4v) is 3.15. The number of rotatable bonds is 6. The van der Waals surface area contributed by atoms with Gasteiger partial charge in [0.1, 0.15) is 0 Å². The highest BCUT2D eigenvalue weighted by atomic mass is 14.2. The molecule has 0 nitrogen and oxygen atoms in total. The molecule has 1 aromatic rings. The first-order valence-corrected chi connectivity index (χ1v) is 8.73. The summed E-state index contributed by atoms with van der Waals surface area (Å²) in [5, 5.41) is 0. The first-order chi connectivity index (χ1) is 10.6. The fraction of sp³-hybridized carbons (Fsp3) is 0.455. The lowest BCUT2D eigenvalue weighted by Gasteiger charge is -2.24. The molecule has 1 aromatic carbocycles. The summed E-state index contributed by atoms with van der Waals surface area (Å²) < 4.78 is 0. The first-order valence-electron chi connectivity index (χ1n) is 8.73. The molecule has 0 fully saturated rings. The molecule has 1 aliphatic rings. The van der Waals surface area contributed by atoms with Crippen molar-refractivity contribution in [3.8, 4) is 0 Å². The van der Waals surface area contributed by atoms with E-state index in [4.69, 9.17) is 0 Å². The zero-order valence-corrected chi connectivity index (χ0v) is 14.5. The Balaban J connectivity index is 2.33. The van der Waals surface area contributed by atoms with Crippen LogP contribution in [0.2, 0.25) is 0 Å². The van der Waals surface area contributed by atoms with Gasteiger partial charge in [0.2, 0.25) is 0 Å². The maximum Gasteiger partial charge on any atom is 0.00840 e. The summed E-state index contributed by atoms with van der Waals surface area (Å²) in [6, 6.07) is 7.08. The summed E-state index contributed by atoms with van der Waals surface area (Å²) in [5.41, 5.74) is 4.41. The highest BCUT2D eigenvalue weighted by molar-refractivity contribution is 5.36. The van der Waals surface area contributed by atoms with E-state index in [9.17, 15) is 0 Å². The van der Waals surface area contributed by atoms with Gasteiger partial charge in [-0.05, 0) is 48.3 Å². The van der Waals surface area contributed by atoms with Gasteiger partial charge in [-0.25, -0.2) is 0 Å². The van der Waals surface area contributed by atoms with Crippen LogP contribution in [0, 0.1) is 18.8 Å². The fourth-order valence-electron chi connectivity index (χ4n) is 3.15. The molecular weight excluding hydrogens is 264 g/mol. The molecule has 0 spiro atoms. The molecule has 1 aliphatic carbocycles. The summed E-state index contributed by atoms with van der Waals surface area (Å²) in [6.45, 7) is 9.00. The maximum atomic E-state index is 2.44. The van der Waals surface area contributed by atoms with Crippen molar-refractivity contribution in [2.24, 2.45) is 11.8 Å². The van der Waals surface area contributed by atoms with E-state index in [1.807, 2.05) is 0 Å². The average molecular weight is 294 g/mol. The largest absolute Gasteiger partial charge is 0.0853 e. The highest BCUT2D eigenvalue weighted by Gasteiger charge is 2.19. The van der Waals surface area contributed by atoms with Gasteiger partial charge in [-0.2, -0.15) is 0 Å². The molecule has 0 amide bonds. The van der Waals surface area contributed by atoms with Crippen molar-refractivity contribution in [2.75, 3.05) is 0 Å². The van der Waals surface area contributed by atoms with Crippen molar-refractivity contribution in [3.05, 3.63) is 71.3 Å². The Labute approximate surface area is 136 Å². The SMILES string of the molecule is CCCc1cc(C(C=CC(C)C)C2C=CC=CC2)ccc1C. The molecule has 0 bridgehead atoms. The van der Waals surface area contributed by atoms with Gasteiger partial charge in [0.25, 0.3) is 0 Å². The van der Waals surface area contributed by atoms with Crippen molar-refractivity contribution in [1.82, 2.24) is 0 Å². The van der Waals surface area contributed by atoms with Gasteiger partial charge < -0.3 is 0 Å². The Kier molecular flexibility index (Phi) is 6.24. The summed E-state index contributed by atoms with van der Waals surface area (Å²) in [7, 11) is 0. The molecule has 0 aliphatic heterocycles. The van der Waals surface area contributed by atoms with Crippen LogP contribution in [0.25, 0.3) is 0 Å². The molecule has 0 heterocycles. The van der Waals surface area contributed by atoms with Crippen LogP contribution in [0.15, 0.2) is 54.7 Å². The molecule has 2 rings (SSSR count). The van der Waals surface area contributed by atoms with Crippen molar-refractivity contribution in [2.45, 2.75) is 52.9 Å². The van der Waals surface area contributed by atoms with Crippen LogP contribution in [0.1, 0.15) is 56.2 Å². The molecule has 118 valence electrons. The molecule has 0 radical (unpaired) electrons. The Bertz CT molecular complexity index is 557. The minimum absolute atomic E-state index is 0.486. The van der Waals surface area contributed by atoms with E-state index in [1.165, 1.54) is 29.5 Å². The van der Waals surface area contributed by atoms with Gasteiger partial charge in [-0.1, -0.05) is 81.8 Å². The minimum Gasteiger partial charge on any atom is -0.0853 e. The van der Waals surface area contributed by atoms with Gasteiger partial charge in [-0.15, -0.1) is 0 Å². The molecule has 0 aromatic heterocycles. The van der Waals surface area contributed by atoms with Crippen LogP contribution in [0.5, 0.6) is 0 Å². The molecule has 2 atom stereocenters. The Morgan fingerprint density at radius 2 is 2.00 bits per heavy atom. The van der Waals surface area contributed by atoms with Crippen LogP contribution in [0.3, 0.4) is 0 Å². The Hall–Kier alpha value is -1.56. The normalized spacial score (nSPS) is 19.2. The molecule has 0 N–H and O–H groups in total. The van der Waals surface area contributed by atoms with Crippen molar-refractivity contribution < 1.29 is 0 Å². The summed E-state index contributed by atoms with van der Waals surface area (Å²) in [6.07, 6.45) is 17.3. The second-order valence-electron chi connectivity index (χ2n) is 6.80. The maximum absolute atomic E-state index is 2.44. The summed E-state index contributed by atoms with van der Waals surface area (Å²) in [4.78, 5) is 0. The standard InChI is InChI=1S/C22H30/c1-5-9-20-16-21(14-13-18(20)4)22(15-12-17(2)3)19-10-7-6-8-11-19/h6-8,10,12-17,19,22H,5,9,11H2,1-4H3. The van der Waals surface area contributed by atoms with E-state index >= 15 is 0 Å². The molecule has 22 heavy (non-hydrogen) atoms. The van der Waals surface area contributed by atoms with Crippen LogP contribution in [0.4, 0.5) is 0 Å². The van der Waals surface area contributed by atoms with Gasteiger partial charge in [-0.3, -0.25) is 0 Å². The molecular formula is C22H30. The van der Waals surface area contributed by atoms with Gasteiger partial charge in [0.15, 0.2) is 0 Å². The third-order valence-corrected chi connectivity index (χ3v) is 4.46. The lowest BCUT2D eigenvalue weighted by atomic mass is 9.80. The Morgan fingerprint density at radius 1 is 1.18 bits per heavy atom. The quantitative estimate of drug-likeness (QED) is 0.534. The predicted octanol–water partition coefficient (Wildman–Crippen LogP) is 6.38. The molecule has 0 saturated carbocycles. The van der Waals surface area contributed by atoms with Crippen LogP contribution in [-0.4, -0.2) is 0 Å². The smallest absolute Gasteiger partial charge is 0.00840 e. The molecule has 0 saturated heterocycles. The second kappa shape index (κ2) is 8.17. The average Bonchev–Trinajstić information content (AvgIpc) is 2.51. The summed E-state index contributed by atoms with van der Waals surface area (Å²) in [5.74, 6) is 1.67. The molecule has 2 unspecified atom stereocenters. The van der Waals surface area contributed by atoms with Crippen LogP contribution >= 0.6 is 0 Å². The van der Waals surface area contributed by atoms with Gasteiger partial charge in [0, 0.05) is 5.92 Å². The van der Waals surface area contributed by atoms with E-state index in [2.05, 4.69) is 82.4 Å². The second-order valence-corrected chi connectivity index (χ2v) is 6.80. The zero-order chi connectivity index (χ0) is 15.9. The van der Waals surface area contributed by atoms with Gasteiger partial charge in [0.05, 0.1) is 0 Å². The van der Waals surface area contributed by atoms with Crippen molar-refractivity contribution >= 4 is 0 Å². The number of aryl methyl sites for hydroxylation is 2. The number of hydrogen-bond acceptors (Lipinski definition) is 0. The lowest BCUT2D eigenvalue weighted by Crippen LogP contribution is -2.10. The van der Waals surface area contributed by atoms with Crippen LogP contribution < -0.4 is 0 Å². The highest BCUT2D eigenvalue weighted by Crippen LogP contribution is 2.33. The molecule has 0 heteroatoms. The lowest BCUT2D eigenvalue weighted by molar-refractivity contribution is 0.582. The van der Waals surface area contributed by atoms with E-state index in [0.29, 0.717) is 17.8 Å². The summed E-state index contributed by atoms with van der Waals surface area (Å²) >= 11 is 0. The zero-order valence-electron chi connectivity index (χ0n) is 14.5. The number of hydrogen-bond donors (Lipinski definition) is 0. The topological polar surface area (TPSA) is 0 Å². The van der Waals surface area contributed by atoms with E-state index in [-0.39, 0.29) is 0 Å². The van der Waals surface area contributed by atoms with Crippen molar-refractivity contribution in [1.29, 1.82) is 0 Å². The first kappa shape index (κ1) is 16.8. The Morgan fingerprint density at radius 3 is 2.64 bits per heavy atom.